The van der Waals surface area contributed by atoms with E-state index in [1.165, 1.54) is 6.07 Å². The number of hydrogen-bond acceptors (Lipinski definition) is 3. The quantitative estimate of drug-likeness (QED) is 0.833. The summed E-state index contributed by atoms with van der Waals surface area (Å²) in [6, 6.07) is 4.41. The molecule has 0 saturated carbocycles. The van der Waals surface area contributed by atoms with Crippen molar-refractivity contribution in [3.05, 3.63) is 28.5 Å². The molecule has 19 heavy (non-hydrogen) atoms. The van der Waals surface area contributed by atoms with Crippen LogP contribution in [-0.4, -0.2) is 19.7 Å². The molecule has 0 aliphatic carbocycles. The highest BCUT2D eigenvalue weighted by Gasteiger charge is 2.14. The van der Waals surface area contributed by atoms with Crippen molar-refractivity contribution in [2.24, 2.45) is 0 Å². The van der Waals surface area contributed by atoms with Crippen LogP contribution in [0, 0.1) is 17.1 Å². The van der Waals surface area contributed by atoms with Crippen molar-refractivity contribution in [1.29, 1.82) is 5.26 Å². The Morgan fingerprint density at radius 2 is 2.21 bits per heavy atom. The Morgan fingerprint density at radius 3 is 2.79 bits per heavy atom. The molecule has 0 amide bonds. The van der Waals surface area contributed by atoms with Crippen LogP contribution in [0.15, 0.2) is 12.1 Å². The largest absolute Gasteiger partial charge is 0.489 e. The summed E-state index contributed by atoms with van der Waals surface area (Å²) >= 11 is 5.73. The van der Waals surface area contributed by atoms with Crippen LogP contribution in [0.5, 0.6) is 5.75 Å². The third-order valence-electron chi connectivity index (χ3n) is 2.76. The van der Waals surface area contributed by atoms with Gasteiger partial charge < -0.3 is 10.1 Å². The fourth-order valence-electron chi connectivity index (χ4n) is 1.78. The number of halogens is 2. The summed E-state index contributed by atoms with van der Waals surface area (Å²) in [5.74, 6) is -0.253. The van der Waals surface area contributed by atoms with Gasteiger partial charge in [0.2, 0.25) is 0 Å². The number of nitriles is 1. The molecule has 0 bridgehead atoms. The first-order valence-corrected chi connectivity index (χ1v) is 6.70. The molecular formula is C14H18ClFN2O. The normalized spacial score (nSPS) is 11.9. The van der Waals surface area contributed by atoms with Gasteiger partial charge in [-0.25, -0.2) is 4.39 Å². The number of hydrogen-bond donors (Lipinski definition) is 1. The zero-order valence-electron chi connectivity index (χ0n) is 11.2. The van der Waals surface area contributed by atoms with E-state index < -0.39 is 5.82 Å². The fourth-order valence-corrected chi connectivity index (χ4v) is 1.94. The summed E-state index contributed by atoms with van der Waals surface area (Å²) in [5.41, 5.74) is 0.174. The molecule has 5 heteroatoms. The van der Waals surface area contributed by atoms with E-state index in [0.29, 0.717) is 5.75 Å². The van der Waals surface area contributed by atoms with E-state index >= 15 is 0 Å². The summed E-state index contributed by atoms with van der Waals surface area (Å²) in [4.78, 5) is 0. The van der Waals surface area contributed by atoms with E-state index in [1.807, 2.05) is 13.1 Å². The molecular weight excluding hydrogens is 267 g/mol. The van der Waals surface area contributed by atoms with E-state index in [0.717, 1.165) is 31.9 Å². The zero-order valence-corrected chi connectivity index (χ0v) is 11.9. The van der Waals surface area contributed by atoms with Gasteiger partial charge in [0, 0.05) is 6.07 Å². The summed E-state index contributed by atoms with van der Waals surface area (Å²) in [6.07, 6.45) is 2.67. The maximum atomic E-state index is 13.3. The zero-order chi connectivity index (χ0) is 14.3. The number of nitrogens with zero attached hydrogens (tertiary/aromatic N) is 1. The van der Waals surface area contributed by atoms with Gasteiger partial charge in [-0.3, -0.25) is 0 Å². The molecule has 0 radical (unpaired) electrons. The average molecular weight is 285 g/mol. The van der Waals surface area contributed by atoms with Crippen LogP contribution in [0.2, 0.25) is 5.02 Å². The lowest BCUT2D eigenvalue weighted by molar-refractivity contribution is 0.179. The molecule has 104 valence electrons. The van der Waals surface area contributed by atoms with Gasteiger partial charge >= 0.3 is 0 Å². The van der Waals surface area contributed by atoms with Gasteiger partial charge in [0.05, 0.1) is 16.7 Å². The smallest absolute Gasteiger partial charge is 0.143 e. The maximum absolute atomic E-state index is 13.3. The van der Waals surface area contributed by atoms with Gasteiger partial charge in [-0.15, -0.1) is 0 Å². The van der Waals surface area contributed by atoms with Crippen LogP contribution in [0.1, 0.15) is 31.7 Å². The van der Waals surface area contributed by atoms with E-state index in [9.17, 15) is 4.39 Å². The molecule has 0 spiro atoms. The fraction of sp³-hybridized carbons (Fsp3) is 0.500. The Kier molecular flexibility index (Phi) is 6.61. The minimum Gasteiger partial charge on any atom is -0.489 e. The van der Waals surface area contributed by atoms with E-state index in [2.05, 4.69) is 12.2 Å². The van der Waals surface area contributed by atoms with Gasteiger partial charge in [0.15, 0.2) is 0 Å². The summed E-state index contributed by atoms with van der Waals surface area (Å²) in [5, 5.41) is 12.0. The Hall–Kier alpha value is -1.31. The van der Waals surface area contributed by atoms with Crippen LogP contribution in [-0.2, 0) is 0 Å². The van der Waals surface area contributed by atoms with Gasteiger partial charge in [0.25, 0.3) is 0 Å². The molecule has 0 fully saturated rings. The number of rotatable bonds is 7. The van der Waals surface area contributed by atoms with Crippen LogP contribution < -0.4 is 10.1 Å². The molecule has 1 N–H and O–H groups in total. The van der Waals surface area contributed by atoms with Gasteiger partial charge in [0.1, 0.15) is 17.6 Å². The Balaban J connectivity index is 2.88. The molecule has 0 aliphatic rings. The summed E-state index contributed by atoms with van der Waals surface area (Å²) < 4.78 is 19.1. The lowest BCUT2D eigenvalue weighted by Gasteiger charge is -2.19. The molecule has 1 aromatic carbocycles. The number of nitrogens with one attached hydrogen (secondary N) is 1. The third-order valence-corrected chi connectivity index (χ3v) is 3.05. The predicted octanol–water partition coefficient (Wildman–Crippen LogP) is 3.51. The van der Waals surface area contributed by atoms with Crippen molar-refractivity contribution in [2.45, 2.75) is 32.3 Å². The molecule has 1 rings (SSSR count). The standard InChI is InChI=1S/C14H18ClFN2O/c1-3-4-11(5-6-18-2)19-14-8-12(15)13(16)7-10(14)9-17/h7-8,11,18H,3-6H2,1-2H3. The first-order chi connectivity index (χ1) is 9.12. The molecule has 1 atom stereocenters. The molecule has 0 saturated heterocycles. The maximum Gasteiger partial charge on any atom is 0.143 e. The molecule has 0 aliphatic heterocycles. The van der Waals surface area contributed by atoms with Crippen LogP contribution >= 0.6 is 11.6 Å². The van der Waals surface area contributed by atoms with Gasteiger partial charge in [-0.05, 0) is 32.5 Å². The molecule has 1 aromatic rings. The Labute approximate surface area is 118 Å². The van der Waals surface area contributed by atoms with E-state index in [-0.39, 0.29) is 16.7 Å². The van der Waals surface area contributed by atoms with Crippen molar-refractivity contribution in [2.75, 3.05) is 13.6 Å². The molecule has 0 heterocycles. The van der Waals surface area contributed by atoms with Crippen LogP contribution in [0.25, 0.3) is 0 Å². The lowest BCUT2D eigenvalue weighted by Crippen LogP contribution is -2.22. The minimum absolute atomic E-state index is 0.00826. The lowest BCUT2D eigenvalue weighted by atomic mass is 10.1. The van der Waals surface area contributed by atoms with Crippen molar-refractivity contribution >= 4 is 11.6 Å². The van der Waals surface area contributed by atoms with Crippen molar-refractivity contribution < 1.29 is 9.13 Å². The third kappa shape index (κ3) is 4.70. The number of benzene rings is 1. The second-order valence-electron chi connectivity index (χ2n) is 4.30. The summed E-state index contributed by atoms with van der Waals surface area (Å²) in [7, 11) is 1.87. The topological polar surface area (TPSA) is 45.0 Å². The minimum atomic E-state index is -0.604. The molecule has 1 unspecified atom stereocenters. The summed E-state index contributed by atoms with van der Waals surface area (Å²) in [6.45, 7) is 2.89. The monoisotopic (exact) mass is 284 g/mol. The molecule has 0 aromatic heterocycles. The second-order valence-corrected chi connectivity index (χ2v) is 4.70. The van der Waals surface area contributed by atoms with Crippen molar-refractivity contribution in [3.8, 4) is 11.8 Å². The van der Waals surface area contributed by atoms with Gasteiger partial charge in [-0.2, -0.15) is 5.26 Å². The Morgan fingerprint density at radius 1 is 1.47 bits per heavy atom. The first kappa shape index (κ1) is 15.7. The SMILES string of the molecule is CCCC(CCNC)Oc1cc(Cl)c(F)cc1C#N. The van der Waals surface area contributed by atoms with Crippen molar-refractivity contribution in [3.63, 3.8) is 0 Å². The van der Waals surface area contributed by atoms with Crippen LogP contribution in [0.3, 0.4) is 0 Å². The average Bonchev–Trinajstić information content (AvgIpc) is 2.40. The highest BCUT2D eigenvalue weighted by molar-refractivity contribution is 6.30. The highest BCUT2D eigenvalue weighted by atomic mass is 35.5. The predicted molar refractivity (Wildman–Crippen MR) is 74.0 cm³/mol. The first-order valence-electron chi connectivity index (χ1n) is 6.32. The van der Waals surface area contributed by atoms with E-state index in [1.54, 1.807) is 0 Å². The van der Waals surface area contributed by atoms with E-state index in [4.69, 9.17) is 21.6 Å². The van der Waals surface area contributed by atoms with Gasteiger partial charge in [-0.1, -0.05) is 24.9 Å². The molecule has 3 nitrogen and oxygen atoms in total. The van der Waals surface area contributed by atoms with Crippen molar-refractivity contribution in [1.82, 2.24) is 5.32 Å². The van der Waals surface area contributed by atoms with Crippen LogP contribution in [0.4, 0.5) is 4.39 Å². The Bertz CT molecular complexity index is 459. The number of ether oxygens (including phenoxy) is 1. The highest BCUT2D eigenvalue weighted by Crippen LogP contribution is 2.27. The second kappa shape index (κ2) is 7.98.